The predicted octanol–water partition coefficient (Wildman–Crippen LogP) is 4.09. The zero-order chi connectivity index (χ0) is 24.2. The number of hydrogen-bond donors (Lipinski definition) is 2. The third-order valence-corrected chi connectivity index (χ3v) is 4.64. The molecule has 0 heterocycles. The number of hydrazone groups is 1. The van der Waals surface area contributed by atoms with Gasteiger partial charge in [-0.25, -0.2) is 5.43 Å². The van der Waals surface area contributed by atoms with E-state index in [1.807, 2.05) is 63.2 Å². The van der Waals surface area contributed by atoms with Crippen LogP contribution in [0.25, 0.3) is 0 Å². The largest absolute Gasteiger partial charge is 0.493 e. The molecule has 0 aliphatic rings. The lowest BCUT2D eigenvalue weighted by molar-refractivity contribution is -0.130. The van der Waals surface area contributed by atoms with E-state index in [1.165, 1.54) is 0 Å². The van der Waals surface area contributed by atoms with Crippen LogP contribution in [-0.2, 0) is 9.59 Å². The second kappa shape index (κ2) is 13.3. The molecule has 2 amide bonds. The van der Waals surface area contributed by atoms with Gasteiger partial charge in [0.1, 0.15) is 17.5 Å². The average molecular weight is 454 g/mol. The van der Waals surface area contributed by atoms with Crippen LogP contribution in [-0.4, -0.2) is 37.3 Å². The van der Waals surface area contributed by atoms with Crippen molar-refractivity contribution in [3.05, 3.63) is 59.7 Å². The van der Waals surface area contributed by atoms with Crippen LogP contribution in [0.3, 0.4) is 0 Å². The van der Waals surface area contributed by atoms with Crippen LogP contribution in [0.4, 0.5) is 0 Å². The van der Waals surface area contributed by atoms with E-state index in [0.717, 1.165) is 16.9 Å². The van der Waals surface area contributed by atoms with Crippen LogP contribution in [0, 0.1) is 18.8 Å². The SMILES string of the molecule is Cc1ccccc1OCC(=O)N[C@H](CC(C)C)C(=O)N/N=C\c1cccc(OCC(C)C)c1. The summed E-state index contributed by atoms with van der Waals surface area (Å²) in [6.45, 7) is 10.5. The number of nitrogens with one attached hydrogen (secondary N) is 2. The van der Waals surface area contributed by atoms with E-state index >= 15 is 0 Å². The Morgan fingerprint density at radius 3 is 2.45 bits per heavy atom. The van der Waals surface area contributed by atoms with E-state index in [0.29, 0.717) is 24.7 Å². The molecule has 0 unspecified atom stereocenters. The topological polar surface area (TPSA) is 89.0 Å². The highest BCUT2D eigenvalue weighted by Gasteiger charge is 2.22. The maximum Gasteiger partial charge on any atom is 0.262 e. The monoisotopic (exact) mass is 453 g/mol. The molecule has 0 bridgehead atoms. The molecule has 0 fully saturated rings. The number of nitrogens with zero attached hydrogens (tertiary/aromatic N) is 1. The standard InChI is InChI=1S/C26H35N3O4/c1-18(2)13-23(28-25(30)17-33-24-12-7-6-9-20(24)5)26(31)29-27-15-21-10-8-11-22(14-21)32-16-19(3)4/h6-12,14-15,18-19,23H,13,16-17H2,1-5H3,(H,28,30)(H,29,31)/b27-15-/t23-/m1/s1. The Hall–Kier alpha value is -3.35. The summed E-state index contributed by atoms with van der Waals surface area (Å²) in [7, 11) is 0. The first-order chi connectivity index (χ1) is 15.7. The normalized spacial score (nSPS) is 12.1. The van der Waals surface area contributed by atoms with Crippen LogP contribution in [0.5, 0.6) is 11.5 Å². The number of para-hydroxylation sites is 1. The van der Waals surface area contributed by atoms with Gasteiger partial charge in [-0.2, -0.15) is 5.10 Å². The van der Waals surface area contributed by atoms with E-state index in [-0.39, 0.29) is 24.3 Å². The van der Waals surface area contributed by atoms with Crippen LogP contribution >= 0.6 is 0 Å². The second-order valence-corrected chi connectivity index (χ2v) is 8.82. The second-order valence-electron chi connectivity index (χ2n) is 8.82. The lowest BCUT2D eigenvalue weighted by Gasteiger charge is -2.19. The quantitative estimate of drug-likeness (QED) is 0.374. The summed E-state index contributed by atoms with van der Waals surface area (Å²) in [5.41, 5.74) is 4.27. The van der Waals surface area contributed by atoms with Crippen molar-refractivity contribution in [3.8, 4) is 11.5 Å². The molecule has 178 valence electrons. The van der Waals surface area contributed by atoms with Gasteiger partial charge in [-0.3, -0.25) is 9.59 Å². The van der Waals surface area contributed by atoms with Crippen molar-refractivity contribution in [3.63, 3.8) is 0 Å². The number of aryl methyl sites for hydroxylation is 1. The van der Waals surface area contributed by atoms with Gasteiger partial charge >= 0.3 is 0 Å². The number of hydrogen-bond acceptors (Lipinski definition) is 5. The summed E-state index contributed by atoms with van der Waals surface area (Å²) in [5.74, 6) is 1.28. The molecule has 0 saturated heterocycles. The van der Waals surface area contributed by atoms with Crippen molar-refractivity contribution in [2.45, 2.75) is 47.1 Å². The van der Waals surface area contributed by atoms with E-state index < -0.39 is 6.04 Å². The summed E-state index contributed by atoms with van der Waals surface area (Å²) in [5, 5.41) is 6.81. The molecular weight excluding hydrogens is 418 g/mol. The van der Waals surface area contributed by atoms with Gasteiger partial charge in [0.15, 0.2) is 6.61 Å². The van der Waals surface area contributed by atoms with Gasteiger partial charge in [0.25, 0.3) is 11.8 Å². The number of carbonyl (C=O) groups excluding carboxylic acids is 2. The van der Waals surface area contributed by atoms with E-state index in [4.69, 9.17) is 9.47 Å². The molecule has 7 heteroatoms. The Morgan fingerprint density at radius 2 is 1.76 bits per heavy atom. The van der Waals surface area contributed by atoms with Crippen molar-refractivity contribution < 1.29 is 19.1 Å². The molecular formula is C26H35N3O4. The van der Waals surface area contributed by atoms with E-state index in [1.54, 1.807) is 12.3 Å². The Labute approximate surface area is 196 Å². The molecule has 0 aromatic heterocycles. The van der Waals surface area contributed by atoms with Crippen LogP contribution < -0.4 is 20.2 Å². The smallest absolute Gasteiger partial charge is 0.262 e. The van der Waals surface area contributed by atoms with Gasteiger partial charge in [0.2, 0.25) is 0 Å². The Bertz CT molecular complexity index is 941. The van der Waals surface area contributed by atoms with Crippen molar-refractivity contribution in [2.75, 3.05) is 13.2 Å². The van der Waals surface area contributed by atoms with Gasteiger partial charge in [-0.1, -0.05) is 58.0 Å². The lowest BCUT2D eigenvalue weighted by atomic mass is 10.0. The zero-order valence-electron chi connectivity index (χ0n) is 20.1. The maximum atomic E-state index is 12.7. The summed E-state index contributed by atoms with van der Waals surface area (Å²) in [4.78, 5) is 25.1. The molecule has 2 aromatic rings. The molecule has 2 N–H and O–H groups in total. The molecule has 33 heavy (non-hydrogen) atoms. The minimum absolute atomic E-state index is 0.167. The van der Waals surface area contributed by atoms with E-state index in [2.05, 4.69) is 29.7 Å². The first-order valence-electron chi connectivity index (χ1n) is 11.3. The minimum Gasteiger partial charge on any atom is -0.493 e. The molecule has 1 atom stereocenters. The van der Waals surface area contributed by atoms with Gasteiger partial charge in [-0.15, -0.1) is 0 Å². The maximum absolute atomic E-state index is 12.7. The van der Waals surface area contributed by atoms with Crippen LogP contribution in [0.1, 0.15) is 45.2 Å². The molecule has 7 nitrogen and oxygen atoms in total. The fraction of sp³-hybridized carbons (Fsp3) is 0.423. The molecule has 0 saturated carbocycles. The minimum atomic E-state index is -0.712. The Morgan fingerprint density at radius 1 is 1.00 bits per heavy atom. The number of amides is 2. The molecule has 2 rings (SSSR count). The van der Waals surface area contributed by atoms with Crippen molar-refractivity contribution >= 4 is 18.0 Å². The van der Waals surface area contributed by atoms with Gasteiger partial charge in [0, 0.05) is 0 Å². The number of benzene rings is 2. The highest BCUT2D eigenvalue weighted by Crippen LogP contribution is 2.16. The molecule has 0 radical (unpaired) electrons. The van der Waals surface area contributed by atoms with Crippen LogP contribution in [0.15, 0.2) is 53.6 Å². The highest BCUT2D eigenvalue weighted by atomic mass is 16.5. The number of carbonyl (C=O) groups is 2. The number of rotatable bonds is 12. The van der Waals surface area contributed by atoms with Crippen molar-refractivity contribution in [1.82, 2.24) is 10.7 Å². The predicted molar refractivity (Wildman–Crippen MR) is 131 cm³/mol. The van der Waals surface area contributed by atoms with Crippen molar-refractivity contribution in [1.29, 1.82) is 0 Å². The first-order valence-corrected chi connectivity index (χ1v) is 11.3. The lowest BCUT2D eigenvalue weighted by Crippen LogP contribution is -2.47. The fourth-order valence-electron chi connectivity index (χ4n) is 3.00. The van der Waals surface area contributed by atoms with Crippen molar-refractivity contribution in [2.24, 2.45) is 16.9 Å². The Balaban J connectivity index is 1.92. The average Bonchev–Trinajstić information content (AvgIpc) is 2.76. The number of ether oxygens (including phenoxy) is 2. The fourth-order valence-corrected chi connectivity index (χ4v) is 3.00. The van der Waals surface area contributed by atoms with Gasteiger partial charge < -0.3 is 14.8 Å². The third-order valence-electron chi connectivity index (χ3n) is 4.64. The van der Waals surface area contributed by atoms with Crippen LogP contribution in [0.2, 0.25) is 0 Å². The Kier molecular flexibility index (Phi) is 10.4. The van der Waals surface area contributed by atoms with Gasteiger partial charge in [0.05, 0.1) is 12.8 Å². The molecule has 0 aliphatic heterocycles. The zero-order valence-corrected chi connectivity index (χ0v) is 20.1. The summed E-state index contributed by atoms with van der Waals surface area (Å²) in [6, 6.07) is 14.2. The summed E-state index contributed by atoms with van der Waals surface area (Å²) >= 11 is 0. The molecule has 0 aliphatic carbocycles. The summed E-state index contributed by atoms with van der Waals surface area (Å²) < 4.78 is 11.3. The van der Waals surface area contributed by atoms with Gasteiger partial charge in [-0.05, 0) is 54.5 Å². The highest BCUT2D eigenvalue weighted by molar-refractivity contribution is 5.89. The third kappa shape index (κ3) is 9.76. The molecule has 0 spiro atoms. The van der Waals surface area contributed by atoms with E-state index in [9.17, 15) is 9.59 Å². The first kappa shape index (κ1) is 25.9. The summed E-state index contributed by atoms with van der Waals surface area (Å²) in [6.07, 6.45) is 2.03. The molecule has 2 aromatic carbocycles.